The molecule has 0 aliphatic heterocycles. The van der Waals surface area contributed by atoms with Gasteiger partial charge in [0.25, 0.3) is 5.91 Å². The summed E-state index contributed by atoms with van der Waals surface area (Å²) >= 11 is 0. The third-order valence-corrected chi connectivity index (χ3v) is 3.11. The zero-order valence-corrected chi connectivity index (χ0v) is 12.9. The number of carbonyl (C=O) groups is 1. The Balaban J connectivity index is 2.85. The van der Waals surface area contributed by atoms with E-state index in [1.54, 1.807) is 12.1 Å². The Morgan fingerprint density at radius 1 is 1.25 bits per heavy atom. The maximum Gasteiger partial charge on any atom is 0.253 e. The Morgan fingerprint density at radius 3 is 2.55 bits per heavy atom. The molecule has 0 aliphatic rings. The van der Waals surface area contributed by atoms with Gasteiger partial charge in [0.15, 0.2) is 0 Å². The van der Waals surface area contributed by atoms with Crippen molar-refractivity contribution in [2.24, 2.45) is 0 Å². The maximum atomic E-state index is 12.1. The van der Waals surface area contributed by atoms with Gasteiger partial charge in [-0.25, -0.2) is 0 Å². The molecule has 0 saturated carbocycles. The number of hydrogen-bond acceptors (Lipinski definition) is 4. The lowest BCUT2D eigenvalue weighted by atomic mass is 10.1. The summed E-state index contributed by atoms with van der Waals surface area (Å²) < 4.78 is 0. The molecule has 3 N–H and O–H groups in total. The highest BCUT2D eigenvalue weighted by molar-refractivity contribution is 6.00. The highest BCUT2D eigenvalue weighted by Crippen LogP contribution is 2.23. The van der Waals surface area contributed by atoms with E-state index in [-0.39, 0.29) is 5.91 Å². The van der Waals surface area contributed by atoms with Crippen LogP contribution in [0.2, 0.25) is 0 Å². The van der Waals surface area contributed by atoms with Gasteiger partial charge >= 0.3 is 0 Å². The molecule has 0 spiro atoms. The average Bonchev–Trinajstić information content (AvgIpc) is 2.38. The highest BCUT2D eigenvalue weighted by Gasteiger charge is 2.14. The molecule has 5 nitrogen and oxygen atoms in total. The van der Waals surface area contributed by atoms with Gasteiger partial charge < -0.3 is 20.9 Å². The zero-order valence-electron chi connectivity index (χ0n) is 12.9. The van der Waals surface area contributed by atoms with Crippen LogP contribution in [0.25, 0.3) is 0 Å². The minimum atomic E-state index is -0.0537. The van der Waals surface area contributed by atoms with Gasteiger partial charge in [0.1, 0.15) is 0 Å². The van der Waals surface area contributed by atoms with Crippen LogP contribution in [0.5, 0.6) is 0 Å². The molecule has 1 aromatic carbocycles. The van der Waals surface area contributed by atoms with Crippen molar-refractivity contribution < 1.29 is 4.79 Å². The normalized spacial score (nSPS) is 10.7. The number of rotatable bonds is 7. The summed E-state index contributed by atoms with van der Waals surface area (Å²) in [5.41, 5.74) is 8.08. The van der Waals surface area contributed by atoms with Crippen molar-refractivity contribution in [3.63, 3.8) is 0 Å². The molecule has 0 aliphatic carbocycles. The molecular weight excluding hydrogens is 252 g/mol. The third-order valence-electron chi connectivity index (χ3n) is 3.11. The van der Waals surface area contributed by atoms with E-state index in [9.17, 15) is 4.79 Å². The summed E-state index contributed by atoms with van der Waals surface area (Å²) in [5, 5.41) is 2.84. The van der Waals surface area contributed by atoms with Gasteiger partial charge in [0.2, 0.25) is 0 Å². The molecule has 1 amide bonds. The number of hydrogen-bond donors (Lipinski definition) is 2. The first kappa shape index (κ1) is 16.3. The van der Waals surface area contributed by atoms with Gasteiger partial charge in [-0.05, 0) is 52.2 Å². The fourth-order valence-corrected chi connectivity index (χ4v) is 2.06. The molecular formula is C15H26N4O. The Labute approximate surface area is 121 Å². The van der Waals surface area contributed by atoms with E-state index in [4.69, 9.17) is 5.73 Å². The smallest absolute Gasteiger partial charge is 0.253 e. The lowest BCUT2D eigenvalue weighted by Crippen LogP contribution is -2.28. The average molecular weight is 278 g/mol. The molecule has 1 rings (SSSR count). The van der Waals surface area contributed by atoms with Gasteiger partial charge in [-0.15, -0.1) is 0 Å². The quantitative estimate of drug-likeness (QED) is 0.740. The fraction of sp³-hybridized carbons (Fsp3) is 0.533. The van der Waals surface area contributed by atoms with Crippen LogP contribution in [0, 0.1) is 0 Å². The summed E-state index contributed by atoms with van der Waals surface area (Å²) in [6.07, 6.45) is 1.03. The number of carbonyl (C=O) groups excluding carboxylic acids is 1. The minimum absolute atomic E-state index is 0.0537. The predicted octanol–water partition coefficient (Wildman–Crippen LogP) is 1.41. The van der Waals surface area contributed by atoms with E-state index in [0.29, 0.717) is 17.8 Å². The Morgan fingerprint density at radius 2 is 1.95 bits per heavy atom. The van der Waals surface area contributed by atoms with E-state index >= 15 is 0 Å². The van der Waals surface area contributed by atoms with Crippen LogP contribution >= 0.6 is 0 Å². The Bertz CT molecular complexity index is 445. The summed E-state index contributed by atoms with van der Waals surface area (Å²) in [4.78, 5) is 16.3. The first-order valence-corrected chi connectivity index (χ1v) is 6.99. The van der Waals surface area contributed by atoms with E-state index in [1.807, 2.05) is 20.0 Å². The maximum absolute atomic E-state index is 12.1. The van der Waals surface area contributed by atoms with Crippen molar-refractivity contribution in [3.8, 4) is 0 Å². The van der Waals surface area contributed by atoms with Crippen molar-refractivity contribution in [2.45, 2.75) is 13.3 Å². The van der Waals surface area contributed by atoms with Crippen LogP contribution in [-0.2, 0) is 0 Å². The second-order valence-corrected chi connectivity index (χ2v) is 5.21. The third kappa shape index (κ3) is 4.74. The van der Waals surface area contributed by atoms with Crippen LogP contribution in [-0.4, -0.2) is 51.6 Å². The van der Waals surface area contributed by atoms with Crippen molar-refractivity contribution in [3.05, 3.63) is 23.8 Å². The number of nitrogens with zero attached hydrogens (tertiary/aromatic N) is 2. The first-order chi connectivity index (χ1) is 9.45. The number of anilines is 2. The van der Waals surface area contributed by atoms with Crippen LogP contribution in [0.1, 0.15) is 23.7 Å². The van der Waals surface area contributed by atoms with E-state index in [0.717, 1.165) is 25.2 Å². The molecule has 0 saturated heterocycles. The van der Waals surface area contributed by atoms with Crippen LogP contribution in [0.15, 0.2) is 18.2 Å². The molecule has 0 bridgehead atoms. The van der Waals surface area contributed by atoms with Crippen LogP contribution in [0.4, 0.5) is 11.4 Å². The second kappa shape index (κ2) is 7.75. The summed E-state index contributed by atoms with van der Waals surface area (Å²) in [7, 11) is 6.11. The van der Waals surface area contributed by atoms with Gasteiger partial charge in [0, 0.05) is 25.8 Å². The Kier molecular flexibility index (Phi) is 6.31. The molecule has 0 aromatic heterocycles. The van der Waals surface area contributed by atoms with Crippen molar-refractivity contribution in [1.82, 2.24) is 10.2 Å². The molecule has 20 heavy (non-hydrogen) atoms. The second-order valence-electron chi connectivity index (χ2n) is 5.21. The summed E-state index contributed by atoms with van der Waals surface area (Å²) in [5.74, 6) is -0.0537. The predicted molar refractivity (Wildman–Crippen MR) is 85.3 cm³/mol. The van der Waals surface area contributed by atoms with Gasteiger partial charge in [-0.1, -0.05) is 0 Å². The van der Waals surface area contributed by atoms with Crippen molar-refractivity contribution >= 4 is 17.3 Å². The SMILES string of the molecule is CCNC(=O)c1ccc(N)cc1N(C)CCCN(C)C. The largest absolute Gasteiger partial charge is 0.399 e. The van der Waals surface area contributed by atoms with Crippen LogP contribution < -0.4 is 16.0 Å². The number of nitrogens with one attached hydrogen (secondary N) is 1. The molecule has 0 atom stereocenters. The summed E-state index contributed by atoms with van der Waals surface area (Å²) in [6.45, 7) is 4.43. The molecule has 0 fully saturated rings. The van der Waals surface area contributed by atoms with Gasteiger partial charge in [-0.2, -0.15) is 0 Å². The number of benzene rings is 1. The summed E-state index contributed by atoms with van der Waals surface area (Å²) in [6, 6.07) is 5.42. The molecule has 112 valence electrons. The van der Waals surface area contributed by atoms with E-state index in [1.165, 1.54) is 0 Å². The molecule has 0 unspecified atom stereocenters. The lowest BCUT2D eigenvalue weighted by molar-refractivity contribution is 0.0956. The van der Waals surface area contributed by atoms with Gasteiger partial charge in [-0.3, -0.25) is 4.79 Å². The van der Waals surface area contributed by atoms with Crippen LogP contribution in [0.3, 0.4) is 0 Å². The Hall–Kier alpha value is -1.75. The molecule has 0 radical (unpaired) electrons. The topological polar surface area (TPSA) is 61.6 Å². The highest BCUT2D eigenvalue weighted by atomic mass is 16.1. The lowest BCUT2D eigenvalue weighted by Gasteiger charge is -2.23. The molecule has 1 aromatic rings. The fourth-order valence-electron chi connectivity index (χ4n) is 2.06. The molecule has 5 heteroatoms. The zero-order chi connectivity index (χ0) is 15.1. The number of nitrogen functional groups attached to an aromatic ring is 1. The van der Waals surface area contributed by atoms with Crippen molar-refractivity contribution in [1.29, 1.82) is 0 Å². The van der Waals surface area contributed by atoms with E-state index < -0.39 is 0 Å². The standard InChI is InChI=1S/C15H26N4O/c1-5-17-15(20)13-8-7-12(16)11-14(13)19(4)10-6-9-18(2)3/h7-8,11H,5-6,9-10,16H2,1-4H3,(H,17,20). The van der Waals surface area contributed by atoms with E-state index in [2.05, 4.69) is 29.2 Å². The number of nitrogens with two attached hydrogens (primary N) is 1. The molecule has 0 heterocycles. The van der Waals surface area contributed by atoms with Gasteiger partial charge in [0.05, 0.1) is 11.3 Å². The van der Waals surface area contributed by atoms with Crippen molar-refractivity contribution in [2.75, 3.05) is 51.4 Å². The first-order valence-electron chi connectivity index (χ1n) is 6.99. The number of amides is 1. The monoisotopic (exact) mass is 278 g/mol. The minimum Gasteiger partial charge on any atom is -0.399 e.